The predicted octanol–water partition coefficient (Wildman–Crippen LogP) is 4.12. The van der Waals surface area contributed by atoms with Crippen molar-refractivity contribution < 1.29 is 13.2 Å². The molecule has 1 aromatic heterocycles. The minimum Gasteiger partial charge on any atom is -0.491 e. The third-order valence-corrected chi connectivity index (χ3v) is 5.10. The molecule has 0 atom stereocenters. The number of aromatic nitrogens is 2. The molecule has 2 aromatic carbocycles. The molecule has 0 amide bonds. The Morgan fingerprint density at radius 2 is 1.46 bits per heavy atom. The van der Waals surface area contributed by atoms with Crippen molar-refractivity contribution in [2.75, 3.05) is 10.0 Å². The first-order valence-electron chi connectivity index (χ1n) is 8.79. The number of rotatable bonds is 7. The van der Waals surface area contributed by atoms with Gasteiger partial charge in [-0.25, -0.2) is 8.42 Å². The predicted molar refractivity (Wildman–Crippen MR) is 110 cm³/mol. The summed E-state index contributed by atoms with van der Waals surface area (Å²) in [6.07, 6.45) is 0.0166. The summed E-state index contributed by atoms with van der Waals surface area (Å²) in [6, 6.07) is 17.2. The number of hydrogen-bond acceptors (Lipinski definition) is 6. The van der Waals surface area contributed by atoms with E-state index >= 15 is 0 Å². The van der Waals surface area contributed by atoms with E-state index in [9.17, 15) is 8.42 Å². The highest BCUT2D eigenvalue weighted by Crippen LogP contribution is 2.20. The lowest BCUT2D eigenvalue weighted by molar-refractivity contribution is 0.242. The first-order chi connectivity index (χ1) is 13.3. The zero-order valence-corrected chi connectivity index (χ0v) is 16.7. The van der Waals surface area contributed by atoms with E-state index in [0.717, 1.165) is 11.3 Å². The molecule has 0 radical (unpaired) electrons. The largest absolute Gasteiger partial charge is 0.491 e. The van der Waals surface area contributed by atoms with Crippen molar-refractivity contribution in [2.45, 2.75) is 31.8 Å². The second-order valence-corrected chi connectivity index (χ2v) is 8.22. The standard InChI is InChI=1S/C20H22N4O3S/c1-14(2)27-17-8-10-18(11-9-17)28(25,26)24-20-13-12-19(22-23-20)21-16-6-4-15(3)5-7-16/h4-14H,1-3H3,(H,21,22)(H,23,24). The van der Waals surface area contributed by atoms with Crippen LogP contribution in [0.2, 0.25) is 0 Å². The van der Waals surface area contributed by atoms with Crippen LogP contribution in [0.5, 0.6) is 5.75 Å². The summed E-state index contributed by atoms with van der Waals surface area (Å²) in [4.78, 5) is 0.118. The molecule has 2 N–H and O–H groups in total. The van der Waals surface area contributed by atoms with Gasteiger partial charge in [0, 0.05) is 5.69 Å². The molecule has 3 rings (SSSR count). The van der Waals surface area contributed by atoms with E-state index in [1.54, 1.807) is 24.3 Å². The zero-order valence-electron chi connectivity index (χ0n) is 15.9. The number of sulfonamides is 1. The highest BCUT2D eigenvalue weighted by molar-refractivity contribution is 7.92. The number of hydrogen-bond donors (Lipinski definition) is 2. The maximum atomic E-state index is 12.5. The van der Waals surface area contributed by atoms with Crippen molar-refractivity contribution in [3.05, 3.63) is 66.2 Å². The minimum atomic E-state index is -3.76. The van der Waals surface area contributed by atoms with Crippen LogP contribution in [0.4, 0.5) is 17.3 Å². The number of ether oxygens (including phenoxy) is 1. The molecule has 7 nitrogen and oxygen atoms in total. The lowest BCUT2D eigenvalue weighted by Crippen LogP contribution is -2.14. The second kappa shape index (κ2) is 8.26. The molecule has 0 saturated heterocycles. The summed E-state index contributed by atoms with van der Waals surface area (Å²) in [5, 5.41) is 11.1. The van der Waals surface area contributed by atoms with E-state index in [2.05, 4.69) is 20.2 Å². The van der Waals surface area contributed by atoms with E-state index in [0.29, 0.717) is 11.6 Å². The highest BCUT2D eigenvalue weighted by Gasteiger charge is 2.15. The lowest BCUT2D eigenvalue weighted by atomic mass is 10.2. The van der Waals surface area contributed by atoms with Crippen LogP contribution in [0.15, 0.2) is 65.6 Å². The third-order valence-electron chi connectivity index (χ3n) is 3.73. The number of benzene rings is 2. The van der Waals surface area contributed by atoms with E-state index in [4.69, 9.17) is 4.74 Å². The monoisotopic (exact) mass is 398 g/mol. The molecule has 0 aliphatic heterocycles. The fourth-order valence-corrected chi connectivity index (χ4v) is 3.40. The van der Waals surface area contributed by atoms with Gasteiger partial charge < -0.3 is 10.1 Å². The number of nitrogens with zero attached hydrogens (tertiary/aromatic N) is 2. The summed E-state index contributed by atoms with van der Waals surface area (Å²) in [6.45, 7) is 5.82. The van der Waals surface area contributed by atoms with Crippen molar-refractivity contribution >= 4 is 27.3 Å². The van der Waals surface area contributed by atoms with E-state index in [-0.39, 0.29) is 16.8 Å². The summed E-state index contributed by atoms with van der Waals surface area (Å²) in [5.74, 6) is 1.26. The molecule has 28 heavy (non-hydrogen) atoms. The van der Waals surface area contributed by atoms with Gasteiger partial charge in [-0.3, -0.25) is 4.72 Å². The Balaban J connectivity index is 1.67. The van der Waals surface area contributed by atoms with Crippen molar-refractivity contribution in [2.24, 2.45) is 0 Å². The maximum absolute atomic E-state index is 12.5. The highest BCUT2D eigenvalue weighted by atomic mass is 32.2. The van der Waals surface area contributed by atoms with Crippen LogP contribution in [-0.4, -0.2) is 24.7 Å². The Morgan fingerprint density at radius 1 is 0.857 bits per heavy atom. The van der Waals surface area contributed by atoms with Crippen LogP contribution < -0.4 is 14.8 Å². The van der Waals surface area contributed by atoms with Crippen LogP contribution in [0.3, 0.4) is 0 Å². The molecule has 0 fully saturated rings. The van der Waals surface area contributed by atoms with Gasteiger partial charge in [-0.15, -0.1) is 10.2 Å². The van der Waals surface area contributed by atoms with Crippen LogP contribution in [-0.2, 0) is 10.0 Å². The average Bonchev–Trinajstić information content (AvgIpc) is 2.65. The number of nitrogens with one attached hydrogen (secondary N) is 2. The first kappa shape index (κ1) is 19.6. The molecule has 1 heterocycles. The molecule has 146 valence electrons. The van der Waals surface area contributed by atoms with Gasteiger partial charge in [0.15, 0.2) is 11.6 Å². The first-order valence-corrected chi connectivity index (χ1v) is 10.3. The van der Waals surface area contributed by atoms with Gasteiger partial charge in [0.05, 0.1) is 11.0 Å². The fraction of sp³-hybridized carbons (Fsp3) is 0.200. The van der Waals surface area contributed by atoms with Gasteiger partial charge in [-0.2, -0.15) is 0 Å². The molecule has 3 aromatic rings. The van der Waals surface area contributed by atoms with E-state index in [1.165, 1.54) is 12.1 Å². The molecule has 8 heteroatoms. The molecule has 0 saturated carbocycles. The van der Waals surface area contributed by atoms with Gasteiger partial charge in [0.25, 0.3) is 10.0 Å². The van der Waals surface area contributed by atoms with E-state index < -0.39 is 10.0 Å². The summed E-state index contributed by atoms with van der Waals surface area (Å²) in [5.41, 5.74) is 2.03. The second-order valence-electron chi connectivity index (χ2n) is 6.54. The Morgan fingerprint density at radius 3 is 2.04 bits per heavy atom. The molecular weight excluding hydrogens is 376 g/mol. The average molecular weight is 398 g/mol. The van der Waals surface area contributed by atoms with Gasteiger partial charge in [-0.05, 0) is 69.3 Å². The van der Waals surface area contributed by atoms with Crippen molar-refractivity contribution in [3.8, 4) is 5.75 Å². The van der Waals surface area contributed by atoms with Gasteiger partial charge >= 0.3 is 0 Å². The Labute approximate surface area is 164 Å². The van der Waals surface area contributed by atoms with Crippen LogP contribution in [0, 0.1) is 6.92 Å². The number of aryl methyl sites for hydroxylation is 1. The minimum absolute atomic E-state index is 0.0166. The number of anilines is 3. The topological polar surface area (TPSA) is 93.2 Å². The summed E-state index contributed by atoms with van der Waals surface area (Å²) in [7, 11) is -3.76. The maximum Gasteiger partial charge on any atom is 0.263 e. The van der Waals surface area contributed by atoms with Crippen molar-refractivity contribution in [3.63, 3.8) is 0 Å². The lowest BCUT2D eigenvalue weighted by Gasteiger charge is -2.11. The van der Waals surface area contributed by atoms with Gasteiger partial charge in [0.1, 0.15) is 5.75 Å². The van der Waals surface area contributed by atoms with Gasteiger partial charge in [-0.1, -0.05) is 17.7 Å². The third kappa shape index (κ3) is 5.20. The summed E-state index contributed by atoms with van der Waals surface area (Å²) >= 11 is 0. The zero-order chi connectivity index (χ0) is 20.1. The SMILES string of the molecule is Cc1ccc(Nc2ccc(NS(=O)(=O)c3ccc(OC(C)C)cc3)nn2)cc1. The normalized spacial score (nSPS) is 11.3. The van der Waals surface area contributed by atoms with Gasteiger partial charge in [0.2, 0.25) is 0 Å². The molecule has 0 aliphatic carbocycles. The Kier molecular flexibility index (Phi) is 5.79. The quantitative estimate of drug-likeness (QED) is 0.622. The Hall–Kier alpha value is -3.13. The van der Waals surface area contributed by atoms with Crippen LogP contribution in [0.1, 0.15) is 19.4 Å². The smallest absolute Gasteiger partial charge is 0.263 e. The van der Waals surface area contributed by atoms with Crippen LogP contribution >= 0.6 is 0 Å². The van der Waals surface area contributed by atoms with Crippen molar-refractivity contribution in [1.82, 2.24) is 10.2 Å². The van der Waals surface area contributed by atoms with E-state index in [1.807, 2.05) is 45.0 Å². The summed E-state index contributed by atoms with van der Waals surface area (Å²) < 4.78 is 33.0. The molecule has 0 aliphatic rings. The molecule has 0 unspecified atom stereocenters. The molecular formula is C20H22N4O3S. The van der Waals surface area contributed by atoms with Crippen LogP contribution in [0.25, 0.3) is 0 Å². The molecule has 0 spiro atoms. The Bertz CT molecular complexity index is 1020. The fourth-order valence-electron chi connectivity index (χ4n) is 2.40. The van der Waals surface area contributed by atoms with Crippen molar-refractivity contribution in [1.29, 1.82) is 0 Å². The molecule has 0 bridgehead atoms.